The highest BCUT2D eigenvalue weighted by Gasteiger charge is 2.24. The maximum Gasteiger partial charge on any atom is 0.159 e. The van der Waals surface area contributed by atoms with Crippen molar-refractivity contribution in [1.29, 1.82) is 0 Å². The summed E-state index contributed by atoms with van der Waals surface area (Å²) < 4.78 is 22.6. The van der Waals surface area contributed by atoms with Gasteiger partial charge in [0, 0.05) is 6.42 Å². The van der Waals surface area contributed by atoms with E-state index in [0.29, 0.717) is 12.8 Å². The van der Waals surface area contributed by atoms with Gasteiger partial charge in [0.25, 0.3) is 0 Å². The first-order chi connectivity index (χ1) is 5.45. The van der Waals surface area contributed by atoms with Crippen molar-refractivity contribution in [3.63, 3.8) is 0 Å². The second-order valence-electron chi connectivity index (χ2n) is 2.83. The third kappa shape index (κ3) is 2.93. The summed E-state index contributed by atoms with van der Waals surface area (Å²) in [6, 6.07) is 0. The van der Waals surface area contributed by atoms with E-state index in [1.165, 1.54) is 6.92 Å². The van der Waals surface area contributed by atoms with Crippen LogP contribution >= 0.6 is 0 Å². The van der Waals surface area contributed by atoms with Gasteiger partial charge in [-0.1, -0.05) is 13.8 Å². The number of sulfone groups is 1. The molecule has 0 saturated heterocycles. The highest BCUT2D eigenvalue weighted by atomic mass is 32.2. The molecule has 1 unspecified atom stereocenters. The van der Waals surface area contributed by atoms with Gasteiger partial charge in [-0.15, -0.1) is 0 Å². The maximum absolute atomic E-state index is 11.3. The summed E-state index contributed by atoms with van der Waals surface area (Å²) in [4.78, 5) is 11.1. The van der Waals surface area contributed by atoms with Crippen LogP contribution in [0.5, 0.6) is 0 Å². The normalized spacial score (nSPS) is 14.2. The average molecular weight is 192 g/mol. The maximum atomic E-state index is 11.3. The molecular weight excluding hydrogens is 176 g/mol. The molecule has 0 aromatic rings. The Labute approximate surface area is 74.1 Å². The Morgan fingerprint density at radius 1 is 1.33 bits per heavy atom. The molecule has 72 valence electrons. The van der Waals surface area contributed by atoms with Gasteiger partial charge in [-0.3, -0.25) is 4.79 Å². The largest absolute Gasteiger partial charge is 0.298 e. The van der Waals surface area contributed by atoms with Gasteiger partial charge in [-0.25, -0.2) is 8.42 Å². The van der Waals surface area contributed by atoms with Crippen molar-refractivity contribution in [2.45, 2.75) is 38.9 Å². The van der Waals surface area contributed by atoms with Crippen molar-refractivity contribution >= 4 is 15.6 Å². The first-order valence-corrected chi connectivity index (χ1v) is 5.91. The van der Waals surface area contributed by atoms with Gasteiger partial charge in [0.2, 0.25) is 0 Å². The number of hydrogen-bond donors (Lipinski definition) is 0. The molecular formula is C8H16O3S. The Morgan fingerprint density at radius 3 is 2.17 bits per heavy atom. The van der Waals surface area contributed by atoms with E-state index < -0.39 is 15.1 Å². The lowest BCUT2D eigenvalue weighted by Gasteiger charge is -2.09. The first-order valence-electron chi connectivity index (χ1n) is 4.20. The predicted octanol–water partition coefficient (Wildman–Crippen LogP) is 1.18. The summed E-state index contributed by atoms with van der Waals surface area (Å²) in [7, 11) is -3.17. The van der Waals surface area contributed by atoms with Crippen LogP contribution in [0.3, 0.4) is 0 Å². The van der Waals surface area contributed by atoms with Crippen LogP contribution in [0.2, 0.25) is 0 Å². The summed E-state index contributed by atoms with van der Waals surface area (Å²) in [6.45, 7) is 4.94. The molecule has 0 aliphatic heterocycles. The van der Waals surface area contributed by atoms with Crippen molar-refractivity contribution in [3.05, 3.63) is 0 Å². The third-order valence-electron chi connectivity index (χ3n) is 1.83. The molecule has 0 fully saturated rings. The molecule has 12 heavy (non-hydrogen) atoms. The van der Waals surface area contributed by atoms with Gasteiger partial charge < -0.3 is 0 Å². The number of carbonyl (C=O) groups is 1. The zero-order valence-corrected chi connectivity index (χ0v) is 8.65. The molecule has 0 aliphatic rings. The molecule has 1 atom stereocenters. The Kier molecular flexibility index (Phi) is 4.45. The molecule has 0 aromatic heterocycles. The van der Waals surface area contributed by atoms with E-state index in [1.807, 2.05) is 0 Å². The van der Waals surface area contributed by atoms with Gasteiger partial charge in [-0.05, 0) is 13.3 Å². The first kappa shape index (κ1) is 11.6. The third-order valence-corrected chi connectivity index (χ3v) is 4.15. The number of ketones is 1. The number of carbonyl (C=O) groups excluding carboxylic acids is 1. The summed E-state index contributed by atoms with van der Waals surface area (Å²) in [5.41, 5.74) is 0. The number of Topliss-reactive ketones (excluding diaryl/α,β-unsaturated/α-hetero) is 1. The molecule has 0 spiro atoms. The molecule has 3 nitrogen and oxygen atoms in total. The van der Waals surface area contributed by atoms with Crippen molar-refractivity contribution in [2.75, 3.05) is 5.75 Å². The molecule has 0 amide bonds. The van der Waals surface area contributed by atoms with E-state index in [0.717, 1.165) is 0 Å². The Morgan fingerprint density at radius 2 is 1.83 bits per heavy atom. The highest BCUT2D eigenvalue weighted by Crippen LogP contribution is 2.06. The van der Waals surface area contributed by atoms with Crippen molar-refractivity contribution in [1.82, 2.24) is 0 Å². The predicted molar refractivity (Wildman–Crippen MR) is 48.8 cm³/mol. The molecule has 0 saturated carbocycles. The zero-order chi connectivity index (χ0) is 9.78. The standard InChI is InChI=1S/C8H16O3S/c1-4-6-12(10,11)7(3)8(9)5-2/h7H,4-6H2,1-3H3. The van der Waals surface area contributed by atoms with E-state index in [4.69, 9.17) is 0 Å². The van der Waals surface area contributed by atoms with Crippen LogP contribution in [0.15, 0.2) is 0 Å². The lowest BCUT2D eigenvalue weighted by molar-refractivity contribution is -0.118. The minimum Gasteiger partial charge on any atom is -0.298 e. The van der Waals surface area contributed by atoms with Crippen molar-refractivity contribution < 1.29 is 13.2 Å². The Balaban J connectivity index is 4.46. The molecule has 0 aliphatic carbocycles. The van der Waals surface area contributed by atoms with Gasteiger partial charge in [0.1, 0.15) is 11.0 Å². The summed E-state index contributed by atoms with van der Waals surface area (Å²) in [6.07, 6.45) is 0.869. The topological polar surface area (TPSA) is 51.2 Å². The fourth-order valence-electron chi connectivity index (χ4n) is 0.949. The summed E-state index contributed by atoms with van der Waals surface area (Å²) in [5, 5.41) is -0.817. The minimum atomic E-state index is -3.17. The molecule has 0 bridgehead atoms. The number of hydrogen-bond acceptors (Lipinski definition) is 3. The van der Waals surface area contributed by atoms with Gasteiger partial charge in [0.05, 0.1) is 5.75 Å². The fraction of sp³-hybridized carbons (Fsp3) is 0.875. The molecule has 4 heteroatoms. The number of rotatable bonds is 5. The summed E-state index contributed by atoms with van der Waals surface area (Å²) in [5.74, 6) is -0.0802. The van der Waals surface area contributed by atoms with Gasteiger partial charge >= 0.3 is 0 Å². The van der Waals surface area contributed by atoms with Crippen molar-refractivity contribution in [3.8, 4) is 0 Å². The van der Waals surface area contributed by atoms with Crippen LogP contribution in [-0.4, -0.2) is 25.2 Å². The quantitative estimate of drug-likeness (QED) is 0.657. The molecule has 0 radical (unpaired) electrons. The van der Waals surface area contributed by atoms with E-state index in [-0.39, 0.29) is 11.5 Å². The monoisotopic (exact) mass is 192 g/mol. The van der Waals surface area contributed by atoms with E-state index in [2.05, 4.69) is 0 Å². The second kappa shape index (κ2) is 4.60. The van der Waals surface area contributed by atoms with Crippen LogP contribution < -0.4 is 0 Å². The van der Waals surface area contributed by atoms with Crippen molar-refractivity contribution in [2.24, 2.45) is 0 Å². The Bertz CT molecular complexity index is 241. The SMILES string of the molecule is CCCS(=O)(=O)C(C)C(=O)CC. The lowest BCUT2D eigenvalue weighted by Crippen LogP contribution is -2.28. The van der Waals surface area contributed by atoms with Crippen LogP contribution in [-0.2, 0) is 14.6 Å². The van der Waals surface area contributed by atoms with Gasteiger partial charge in [0.15, 0.2) is 9.84 Å². The van der Waals surface area contributed by atoms with E-state index in [1.54, 1.807) is 13.8 Å². The molecule has 0 aromatic carbocycles. The second-order valence-corrected chi connectivity index (χ2v) is 5.27. The van der Waals surface area contributed by atoms with Crippen LogP contribution in [0.4, 0.5) is 0 Å². The van der Waals surface area contributed by atoms with E-state index in [9.17, 15) is 13.2 Å². The van der Waals surface area contributed by atoms with E-state index >= 15 is 0 Å². The van der Waals surface area contributed by atoms with Gasteiger partial charge in [-0.2, -0.15) is 0 Å². The molecule has 0 N–H and O–H groups in total. The smallest absolute Gasteiger partial charge is 0.159 e. The van der Waals surface area contributed by atoms with Crippen LogP contribution in [0.1, 0.15) is 33.6 Å². The van der Waals surface area contributed by atoms with Crippen LogP contribution in [0, 0.1) is 0 Å². The minimum absolute atomic E-state index is 0.111. The fourth-order valence-corrected chi connectivity index (χ4v) is 2.44. The molecule has 0 heterocycles. The summed E-state index contributed by atoms with van der Waals surface area (Å²) >= 11 is 0. The zero-order valence-electron chi connectivity index (χ0n) is 7.83. The molecule has 0 rings (SSSR count). The average Bonchev–Trinajstić information content (AvgIpc) is 2.01. The Hall–Kier alpha value is -0.380. The lowest BCUT2D eigenvalue weighted by atomic mass is 10.2. The highest BCUT2D eigenvalue weighted by molar-refractivity contribution is 7.92. The van der Waals surface area contributed by atoms with Crippen LogP contribution in [0.25, 0.3) is 0 Å².